The minimum Gasteiger partial charge on any atom is -0.147 e. The number of hydrogen-bond acceptors (Lipinski definition) is 0. The van der Waals surface area contributed by atoms with Gasteiger partial charge in [0.2, 0.25) is 0 Å². The summed E-state index contributed by atoms with van der Waals surface area (Å²) in [6, 6.07) is 0. The van der Waals surface area contributed by atoms with Gasteiger partial charge in [-0.3, -0.25) is 0 Å². The fourth-order valence-corrected chi connectivity index (χ4v) is 0. The van der Waals surface area contributed by atoms with Gasteiger partial charge in [0, 0.05) is 0 Å². The smallest absolute Gasteiger partial charge is 0.0149 e. The van der Waals surface area contributed by atoms with E-state index in [1.807, 2.05) is 0 Å². The molecule has 0 fully saturated rings. The van der Waals surface area contributed by atoms with E-state index in [1.54, 1.807) is 0 Å². The normalized spacial score (nSPS) is 0. The third-order valence-corrected chi connectivity index (χ3v) is 0. The molecular weight excluding hydrogens is 123 g/mol. The van der Waals surface area contributed by atoms with Crippen molar-refractivity contribution in [2.45, 2.75) is 14.9 Å². The highest BCUT2D eigenvalue weighted by Crippen LogP contribution is 0.691. The monoisotopic (exact) mass is 136 g/mol. The zero-order valence-electron chi connectivity index (χ0n) is 0.816. The van der Waals surface area contributed by atoms with Crippen molar-refractivity contribution in [1.29, 1.82) is 0 Å². The van der Waals surface area contributed by atoms with Gasteiger partial charge in [0.05, 0.1) is 0 Å². The van der Waals surface area contributed by atoms with Crippen LogP contribution < -0.4 is 0 Å². The minimum atomic E-state index is 0. The molecule has 0 radical (unpaired) electrons. The summed E-state index contributed by atoms with van der Waals surface area (Å²) in [6.07, 6.45) is 0. The van der Waals surface area contributed by atoms with E-state index in [9.17, 15) is 0 Å². The average molecular weight is 137 g/mol. The Balaban J connectivity index is 0. The molecule has 0 aromatic heterocycles. The molecule has 0 heterocycles. The van der Waals surface area contributed by atoms with Crippen LogP contribution in [0.5, 0.6) is 0 Å². The van der Waals surface area contributed by atoms with E-state index in [0.717, 1.165) is 0 Å². The van der Waals surface area contributed by atoms with E-state index < -0.39 is 0 Å². The van der Waals surface area contributed by atoms with Crippen LogP contribution >= 0.6 is 24.8 Å². The van der Waals surface area contributed by atoms with E-state index in [4.69, 9.17) is 0 Å². The maximum absolute atomic E-state index is 0. The summed E-state index contributed by atoms with van der Waals surface area (Å²) in [5, 5.41) is 0. The molecule has 5 heavy (non-hydrogen) atoms. The summed E-state index contributed by atoms with van der Waals surface area (Å²) in [6.45, 7) is 0. The summed E-state index contributed by atoms with van der Waals surface area (Å²) < 4.78 is 0. The molecule has 0 unspecified atom stereocenters. The lowest BCUT2D eigenvalue weighted by Crippen LogP contribution is -0.381. The third-order valence-electron chi connectivity index (χ3n) is 0. The lowest BCUT2D eigenvalue weighted by Gasteiger charge is -0.148. The van der Waals surface area contributed by atoms with Gasteiger partial charge in [-0.1, -0.05) is 14.9 Å². The van der Waals surface area contributed by atoms with Crippen LogP contribution in [-0.4, -0.2) is 11.0 Å². The van der Waals surface area contributed by atoms with Gasteiger partial charge in [-0.15, -0.1) is 24.8 Å². The van der Waals surface area contributed by atoms with Crippen molar-refractivity contribution in [3.63, 3.8) is 0 Å². The molecule has 3 heteroatoms. The van der Waals surface area contributed by atoms with Crippen molar-refractivity contribution in [3.8, 4) is 0 Å². The first-order chi connectivity index (χ1) is 0. The first-order valence-corrected chi connectivity index (χ1v) is 0. The van der Waals surface area contributed by atoms with Crippen LogP contribution in [0, 0.1) is 0 Å². The van der Waals surface area contributed by atoms with Crippen LogP contribution in [0.25, 0.3) is 0 Å². The first kappa shape index (κ1) is 210. The lowest BCUT2D eigenvalue weighted by molar-refractivity contribution is 2.50. The molecule has 0 aromatic rings. The Morgan fingerprint density at radius 3 is 0.600 bits per heavy atom. The van der Waals surface area contributed by atoms with E-state index >= 15 is 0 Å². The Labute approximate surface area is 51.2 Å². The Hall–Kier alpha value is 0.797. The van der Waals surface area contributed by atoms with Gasteiger partial charge in [-0.05, 0) is 11.0 Å². The molecule has 0 saturated carbocycles. The van der Waals surface area contributed by atoms with Gasteiger partial charge in [0.1, 0.15) is 0 Å². The highest BCUT2D eigenvalue weighted by atomic mass is 35.5. The van der Waals surface area contributed by atoms with Gasteiger partial charge in [-0.2, -0.15) is 0 Å². The molecule has 0 bridgehead atoms. The third kappa shape index (κ3) is 59.1. The van der Waals surface area contributed by atoms with E-state index in [-0.39, 0.29) is 50.6 Å². The predicted molar refractivity (Wildman–Crippen MR) is 39.3 cm³/mol. The molecule has 0 spiro atoms. The van der Waals surface area contributed by atoms with Gasteiger partial charge < -0.3 is 0 Å². The second-order valence-corrected chi connectivity index (χ2v) is 0. The molecule has 40 valence electrons. The Morgan fingerprint density at radius 1 is 0.600 bits per heavy atom. The predicted octanol–water partition coefficient (Wildman–Crippen LogP) is 0.664. The van der Waals surface area contributed by atoms with Gasteiger partial charge in [-0.25, -0.2) is 0 Å². The van der Waals surface area contributed by atoms with Crippen LogP contribution in [0.3, 0.4) is 0 Å². The van der Waals surface area contributed by atoms with Gasteiger partial charge >= 0.3 is 0 Å². The molecule has 0 amide bonds. The molecule has 0 aromatic carbocycles. The summed E-state index contributed by atoms with van der Waals surface area (Å²) in [5.74, 6) is 0. The fraction of sp³-hybridized carbons (Fsp3) is 1.00. The molecule has 0 N–H and O–H groups in total. The standard InChI is InChI=1S/2CH4.2ClH.H4Si/h2*1H4;2*1H;1H4. The zero-order valence-corrected chi connectivity index (χ0v) is 2.45. The van der Waals surface area contributed by atoms with E-state index in [2.05, 4.69) is 0 Å². The topological polar surface area (TPSA) is 0 Å². The largest absolute Gasteiger partial charge is 0.147 e. The molecule has 0 rings (SSSR count). The van der Waals surface area contributed by atoms with Crippen molar-refractivity contribution >= 4 is 35.8 Å². The van der Waals surface area contributed by atoms with Crippen molar-refractivity contribution in [1.82, 2.24) is 0 Å². The molecular formula is C2H14Cl2Si. The van der Waals surface area contributed by atoms with Crippen LogP contribution in [0.1, 0.15) is 14.9 Å². The fourth-order valence-electron chi connectivity index (χ4n) is 0. The van der Waals surface area contributed by atoms with E-state index in [0.29, 0.717) is 0 Å². The molecule has 0 saturated heterocycles. The highest BCUT2D eigenvalue weighted by Gasteiger charge is -0.0148. The molecule has 0 aliphatic rings. The second-order valence-electron chi connectivity index (χ2n) is 0. The Kier molecular flexibility index (Phi) is 4570. The van der Waals surface area contributed by atoms with Crippen molar-refractivity contribution in [2.24, 2.45) is 0 Å². The van der Waals surface area contributed by atoms with Crippen LogP contribution in [-0.2, 0) is 0 Å². The van der Waals surface area contributed by atoms with Crippen LogP contribution in [0.4, 0.5) is 0 Å². The molecule has 0 aliphatic carbocycles. The summed E-state index contributed by atoms with van der Waals surface area (Å²) in [4.78, 5) is 0. The van der Waals surface area contributed by atoms with Crippen LogP contribution in [0.2, 0.25) is 0 Å². The minimum absolute atomic E-state index is 0. The molecule has 0 aliphatic heterocycles. The van der Waals surface area contributed by atoms with Crippen molar-refractivity contribution in [2.75, 3.05) is 0 Å². The van der Waals surface area contributed by atoms with Crippen molar-refractivity contribution < 1.29 is 0 Å². The second kappa shape index (κ2) is 109. The first-order valence-electron chi connectivity index (χ1n) is 0. The zero-order chi connectivity index (χ0) is 0. The summed E-state index contributed by atoms with van der Waals surface area (Å²) in [7, 11) is 0. The van der Waals surface area contributed by atoms with Crippen LogP contribution in [0.15, 0.2) is 0 Å². The van der Waals surface area contributed by atoms with E-state index in [1.165, 1.54) is 0 Å². The molecule has 0 atom stereocenters. The lowest BCUT2D eigenvalue weighted by atomic mass is 12.0. The maximum Gasteiger partial charge on any atom is -0.0149 e. The summed E-state index contributed by atoms with van der Waals surface area (Å²) >= 11 is 0. The highest BCUT2D eigenvalue weighted by molar-refractivity contribution is 5.85. The summed E-state index contributed by atoms with van der Waals surface area (Å²) in [5.41, 5.74) is 0. The van der Waals surface area contributed by atoms with Gasteiger partial charge in [0.25, 0.3) is 0 Å². The van der Waals surface area contributed by atoms with Gasteiger partial charge in [0.15, 0.2) is 0 Å². The number of hydrogen-bond donors (Lipinski definition) is 0. The Morgan fingerprint density at radius 2 is 0.600 bits per heavy atom. The quantitative estimate of drug-likeness (QED) is 0.430. The SMILES string of the molecule is C.C.Cl.Cl.[SiH4]. The average Bonchev–Trinajstić information content (AvgIpc) is 0. The molecule has 0 nitrogen and oxygen atoms in total. The maximum atomic E-state index is 0. The number of rotatable bonds is 0. The van der Waals surface area contributed by atoms with Crippen molar-refractivity contribution in [3.05, 3.63) is 0 Å². The Bertz CT molecular complexity index is 7.61. The number of halogens is 2.